The standard InChI is InChI=1S/C29H33N3O2S/c1-3-30(4-2)29(33)20-11-14-26-28(16-20)34-27-10-6-5-9-25(27)32(26)23-17-21-12-13-22(18-23)31(21)19-24-8-7-15-35-24/h5-11,14-16,21-23H,3-4,12-13,17-19H2,1-2H3/t21-,22+,23-. The fraction of sp³-hybridized carbons (Fsp3) is 0.414. The van der Waals surface area contributed by atoms with Crippen molar-refractivity contribution >= 4 is 28.6 Å². The van der Waals surface area contributed by atoms with Crippen molar-refractivity contribution in [3.63, 3.8) is 0 Å². The van der Waals surface area contributed by atoms with E-state index in [9.17, 15) is 4.79 Å². The molecule has 3 atom stereocenters. The van der Waals surface area contributed by atoms with Crippen molar-refractivity contribution in [2.75, 3.05) is 18.0 Å². The molecular formula is C29H33N3O2S. The molecule has 4 heterocycles. The van der Waals surface area contributed by atoms with Gasteiger partial charge in [0, 0.05) is 48.2 Å². The number of carbonyl (C=O) groups excluding carboxylic acids is 1. The quantitative estimate of drug-likeness (QED) is 0.389. The van der Waals surface area contributed by atoms with Gasteiger partial charge in [-0.1, -0.05) is 18.2 Å². The van der Waals surface area contributed by atoms with E-state index in [1.54, 1.807) is 0 Å². The van der Waals surface area contributed by atoms with Crippen LogP contribution in [0.3, 0.4) is 0 Å². The van der Waals surface area contributed by atoms with Gasteiger partial charge in [0.1, 0.15) is 0 Å². The number of ether oxygens (including phenoxy) is 1. The first kappa shape index (κ1) is 22.6. The third-order valence-electron chi connectivity index (χ3n) is 8.00. The molecule has 3 aliphatic rings. The van der Waals surface area contributed by atoms with Gasteiger partial charge in [0.2, 0.25) is 0 Å². The second-order valence-electron chi connectivity index (χ2n) is 9.86. The van der Waals surface area contributed by atoms with Crippen LogP contribution in [0.2, 0.25) is 0 Å². The van der Waals surface area contributed by atoms with Crippen LogP contribution < -0.4 is 9.64 Å². The van der Waals surface area contributed by atoms with Crippen LogP contribution in [-0.4, -0.2) is 46.9 Å². The Morgan fingerprint density at radius 3 is 2.40 bits per heavy atom. The van der Waals surface area contributed by atoms with Crippen molar-refractivity contribution in [3.05, 3.63) is 70.4 Å². The molecule has 2 fully saturated rings. The lowest BCUT2D eigenvalue weighted by Gasteiger charge is -2.46. The minimum Gasteiger partial charge on any atom is -0.453 e. The summed E-state index contributed by atoms with van der Waals surface area (Å²) in [5.74, 6) is 1.72. The van der Waals surface area contributed by atoms with Gasteiger partial charge in [-0.25, -0.2) is 0 Å². The number of fused-ring (bicyclic) bond motifs is 4. The van der Waals surface area contributed by atoms with Gasteiger partial charge >= 0.3 is 0 Å². The largest absolute Gasteiger partial charge is 0.453 e. The smallest absolute Gasteiger partial charge is 0.253 e. The molecule has 6 heteroatoms. The Balaban J connectivity index is 1.32. The average Bonchev–Trinajstić information content (AvgIpc) is 3.47. The Bertz CT molecular complexity index is 1190. The van der Waals surface area contributed by atoms with Crippen molar-refractivity contribution in [1.29, 1.82) is 0 Å². The molecule has 35 heavy (non-hydrogen) atoms. The zero-order valence-corrected chi connectivity index (χ0v) is 21.3. The highest BCUT2D eigenvalue weighted by Crippen LogP contribution is 2.51. The summed E-state index contributed by atoms with van der Waals surface area (Å²) in [6.45, 7) is 6.53. The fourth-order valence-electron chi connectivity index (χ4n) is 6.30. The molecule has 0 saturated carbocycles. The van der Waals surface area contributed by atoms with Crippen LogP contribution in [0.1, 0.15) is 54.8 Å². The topological polar surface area (TPSA) is 36.0 Å². The van der Waals surface area contributed by atoms with Crippen LogP contribution in [0.25, 0.3) is 0 Å². The number of rotatable bonds is 6. The maximum Gasteiger partial charge on any atom is 0.253 e. The normalized spacial score (nSPS) is 22.9. The number of amides is 1. The van der Waals surface area contributed by atoms with E-state index in [1.165, 1.54) is 17.7 Å². The van der Waals surface area contributed by atoms with Gasteiger partial charge in [-0.2, -0.15) is 0 Å². The van der Waals surface area contributed by atoms with Crippen molar-refractivity contribution in [2.24, 2.45) is 0 Å². The summed E-state index contributed by atoms with van der Waals surface area (Å²) in [6.07, 6.45) is 4.86. The molecule has 182 valence electrons. The van der Waals surface area contributed by atoms with E-state index in [4.69, 9.17) is 4.74 Å². The van der Waals surface area contributed by atoms with Crippen LogP contribution in [-0.2, 0) is 6.54 Å². The maximum absolute atomic E-state index is 13.0. The number of carbonyl (C=O) groups is 1. The van der Waals surface area contributed by atoms with Crippen molar-refractivity contribution in [1.82, 2.24) is 9.80 Å². The zero-order valence-electron chi connectivity index (χ0n) is 20.5. The number of nitrogens with zero attached hydrogens (tertiary/aromatic N) is 3. The molecule has 0 unspecified atom stereocenters. The Hall–Kier alpha value is -2.83. The van der Waals surface area contributed by atoms with Crippen molar-refractivity contribution in [2.45, 2.75) is 64.2 Å². The summed E-state index contributed by atoms with van der Waals surface area (Å²) in [5, 5.41) is 2.19. The fourth-order valence-corrected chi connectivity index (χ4v) is 7.02. The third kappa shape index (κ3) is 4.03. The van der Waals surface area contributed by atoms with E-state index in [2.05, 4.69) is 45.5 Å². The summed E-state index contributed by atoms with van der Waals surface area (Å²) in [5.41, 5.74) is 2.91. The third-order valence-corrected chi connectivity index (χ3v) is 8.87. The highest BCUT2D eigenvalue weighted by Gasteiger charge is 2.44. The Labute approximate surface area is 211 Å². The van der Waals surface area contributed by atoms with Crippen LogP contribution in [0, 0.1) is 0 Å². The number of hydrogen-bond donors (Lipinski definition) is 0. The van der Waals surface area contributed by atoms with Gasteiger partial charge in [0.15, 0.2) is 11.5 Å². The second kappa shape index (κ2) is 9.32. The first-order valence-electron chi connectivity index (χ1n) is 12.9. The van der Waals surface area contributed by atoms with Gasteiger partial charge < -0.3 is 14.5 Å². The summed E-state index contributed by atoms with van der Waals surface area (Å²) >= 11 is 1.87. The van der Waals surface area contributed by atoms with Gasteiger partial charge in [-0.3, -0.25) is 9.69 Å². The molecule has 0 N–H and O–H groups in total. The highest BCUT2D eigenvalue weighted by molar-refractivity contribution is 7.09. The van der Waals surface area contributed by atoms with E-state index >= 15 is 0 Å². The van der Waals surface area contributed by atoms with Gasteiger partial charge in [0.05, 0.1) is 11.4 Å². The predicted molar refractivity (Wildman–Crippen MR) is 142 cm³/mol. The van der Waals surface area contributed by atoms with E-state index in [0.717, 1.165) is 42.3 Å². The van der Waals surface area contributed by atoms with Crippen LogP contribution in [0.15, 0.2) is 60.0 Å². The Morgan fingerprint density at radius 2 is 1.69 bits per heavy atom. The number of para-hydroxylation sites is 2. The molecule has 5 nitrogen and oxygen atoms in total. The van der Waals surface area contributed by atoms with Crippen LogP contribution >= 0.6 is 11.3 Å². The molecule has 0 aliphatic carbocycles. The Morgan fingerprint density at radius 1 is 0.943 bits per heavy atom. The number of hydrogen-bond acceptors (Lipinski definition) is 5. The lowest BCUT2D eigenvalue weighted by atomic mass is 9.93. The van der Waals surface area contributed by atoms with E-state index < -0.39 is 0 Å². The number of benzene rings is 2. The molecule has 2 saturated heterocycles. The van der Waals surface area contributed by atoms with E-state index in [0.29, 0.717) is 36.8 Å². The second-order valence-corrected chi connectivity index (χ2v) is 10.9. The number of piperidine rings is 1. The molecule has 1 amide bonds. The average molecular weight is 488 g/mol. The lowest BCUT2D eigenvalue weighted by molar-refractivity contribution is 0.0772. The van der Waals surface area contributed by atoms with Gasteiger partial charge in [0.25, 0.3) is 5.91 Å². The number of thiophene rings is 1. The molecule has 0 radical (unpaired) electrons. The zero-order chi connectivity index (χ0) is 23.9. The van der Waals surface area contributed by atoms with Gasteiger partial charge in [-0.15, -0.1) is 11.3 Å². The van der Waals surface area contributed by atoms with Crippen molar-refractivity contribution in [3.8, 4) is 11.5 Å². The minimum atomic E-state index is 0.0618. The summed E-state index contributed by atoms with van der Waals surface area (Å²) in [4.78, 5) is 21.6. The number of anilines is 2. The summed E-state index contributed by atoms with van der Waals surface area (Å²) in [7, 11) is 0. The molecular weight excluding hydrogens is 454 g/mol. The van der Waals surface area contributed by atoms with E-state index in [-0.39, 0.29) is 5.91 Å². The SMILES string of the molecule is CCN(CC)C(=O)c1ccc2c(c1)Oc1ccccc1N2[C@@H]1C[C@H]2CC[C@@H](C1)N2Cc1cccs1. The molecule has 3 aliphatic heterocycles. The van der Waals surface area contributed by atoms with Gasteiger partial charge in [-0.05, 0) is 81.3 Å². The lowest BCUT2D eigenvalue weighted by Crippen LogP contribution is -2.49. The van der Waals surface area contributed by atoms with E-state index in [1.807, 2.05) is 54.3 Å². The minimum absolute atomic E-state index is 0.0618. The highest BCUT2D eigenvalue weighted by atomic mass is 32.1. The molecule has 1 aromatic heterocycles. The Kier molecular flexibility index (Phi) is 6.02. The summed E-state index contributed by atoms with van der Waals surface area (Å²) < 4.78 is 6.38. The molecule has 2 aromatic carbocycles. The molecule has 0 spiro atoms. The molecule has 2 bridgehead atoms. The molecule has 3 aromatic rings. The van der Waals surface area contributed by atoms with Crippen LogP contribution in [0.4, 0.5) is 11.4 Å². The monoisotopic (exact) mass is 487 g/mol. The summed E-state index contributed by atoms with van der Waals surface area (Å²) in [6, 6.07) is 20.4. The first-order chi connectivity index (χ1) is 17.2. The molecule has 6 rings (SSSR count). The predicted octanol–water partition coefficient (Wildman–Crippen LogP) is 6.67. The van der Waals surface area contributed by atoms with Crippen LogP contribution in [0.5, 0.6) is 11.5 Å². The first-order valence-corrected chi connectivity index (χ1v) is 13.8. The maximum atomic E-state index is 13.0. The van der Waals surface area contributed by atoms with Crippen molar-refractivity contribution < 1.29 is 9.53 Å².